The third kappa shape index (κ3) is 4.36. The van der Waals surface area contributed by atoms with E-state index in [4.69, 9.17) is 19.2 Å². The third-order valence-corrected chi connectivity index (χ3v) is 5.38. The second-order valence-corrected chi connectivity index (χ2v) is 7.58. The minimum atomic E-state index is 0.102. The normalized spacial score (nSPS) is 16.6. The van der Waals surface area contributed by atoms with Gasteiger partial charge in [-0.3, -0.25) is 4.90 Å². The first-order valence-corrected chi connectivity index (χ1v) is 10.9. The first kappa shape index (κ1) is 20.5. The van der Waals surface area contributed by atoms with Gasteiger partial charge in [-0.05, 0) is 44.0 Å². The molecule has 0 fully saturated rings. The minimum Gasteiger partial charge on any atom is -0.493 e. The van der Waals surface area contributed by atoms with Crippen molar-refractivity contribution >= 4 is 10.9 Å². The molecule has 0 unspecified atom stereocenters. The Morgan fingerprint density at radius 3 is 2.47 bits per heavy atom. The lowest BCUT2D eigenvalue weighted by molar-refractivity contribution is 0.136. The van der Waals surface area contributed by atoms with Crippen LogP contribution in [0.15, 0.2) is 48.5 Å². The number of aromatic nitrogens is 1. The van der Waals surface area contributed by atoms with Crippen LogP contribution in [0.4, 0.5) is 0 Å². The SMILES string of the molecule is CCOc1ccc(OCC)c2nc3c(cc12)CN(Cc1ccccc1)C[C@H](CC)O3. The van der Waals surface area contributed by atoms with Crippen LogP contribution in [-0.4, -0.2) is 35.7 Å². The zero-order valence-electron chi connectivity index (χ0n) is 18.1. The zero-order chi connectivity index (χ0) is 20.9. The number of hydrogen-bond acceptors (Lipinski definition) is 5. The number of benzene rings is 2. The Hall–Kier alpha value is -2.79. The lowest BCUT2D eigenvalue weighted by Crippen LogP contribution is -2.32. The van der Waals surface area contributed by atoms with E-state index >= 15 is 0 Å². The van der Waals surface area contributed by atoms with Crippen LogP contribution in [0.3, 0.4) is 0 Å². The van der Waals surface area contributed by atoms with E-state index in [0.29, 0.717) is 19.1 Å². The predicted octanol–water partition coefficient (Wildman–Crippen LogP) is 5.21. The summed E-state index contributed by atoms with van der Waals surface area (Å²) < 4.78 is 18.1. The molecule has 3 aromatic rings. The Morgan fingerprint density at radius 2 is 1.73 bits per heavy atom. The maximum Gasteiger partial charge on any atom is 0.218 e. The molecule has 2 heterocycles. The lowest BCUT2D eigenvalue weighted by atomic mass is 10.1. The van der Waals surface area contributed by atoms with Gasteiger partial charge in [0.1, 0.15) is 23.1 Å². The van der Waals surface area contributed by atoms with E-state index in [-0.39, 0.29) is 6.10 Å². The number of ether oxygens (including phenoxy) is 3. The van der Waals surface area contributed by atoms with Crippen molar-refractivity contribution in [2.75, 3.05) is 19.8 Å². The molecule has 1 aliphatic heterocycles. The second-order valence-electron chi connectivity index (χ2n) is 7.58. The van der Waals surface area contributed by atoms with E-state index in [2.05, 4.69) is 48.2 Å². The van der Waals surface area contributed by atoms with Gasteiger partial charge in [0.2, 0.25) is 5.88 Å². The van der Waals surface area contributed by atoms with Gasteiger partial charge in [-0.1, -0.05) is 37.3 Å². The summed E-state index contributed by atoms with van der Waals surface area (Å²) >= 11 is 0. The summed E-state index contributed by atoms with van der Waals surface area (Å²) in [6.07, 6.45) is 1.03. The van der Waals surface area contributed by atoms with Crippen LogP contribution >= 0.6 is 0 Å². The van der Waals surface area contributed by atoms with Crippen LogP contribution in [-0.2, 0) is 13.1 Å². The standard InChI is InChI=1S/C25H30N2O3/c1-4-20-17-27(15-18-10-8-7-9-11-18)16-19-14-21-22(28-5-2)12-13-23(29-6-3)24(21)26-25(19)30-20/h7-14,20H,4-6,15-17H2,1-3H3/t20-/m0/s1. The summed E-state index contributed by atoms with van der Waals surface area (Å²) in [6, 6.07) is 16.7. The van der Waals surface area contributed by atoms with Gasteiger partial charge in [0.25, 0.3) is 0 Å². The maximum absolute atomic E-state index is 6.37. The smallest absolute Gasteiger partial charge is 0.218 e. The van der Waals surface area contributed by atoms with Gasteiger partial charge in [0.05, 0.1) is 13.2 Å². The Bertz CT molecular complexity index is 991. The van der Waals surface area contributed by atoms with Crippen LogP contribution in [0.25, 0.3) is 10.9 Å². The number of nitrogens with zero attached hydrogens (tertiary/aromatic N) is 2. The molecule has 5 heteroatoms. The molecule has 0 saturated heterocycles. The number of rotatable bonds is 7. The Morgan fingerprint density at radius 1 is 1.00 bits per heavy atom. The highest BCUT2D eigenvalue weighted by Gasteiger charge is 2.25. The van der Waals surface area contributed by atoms with Crippen molar-refractivity contribution in [1.29, 1.82) is 0 Å². The molecule has 0 amide bonds. The van der Waals surface area contributed by atoms with Gasteiger partial charge < -0.3 is 14.2 Å². The number of hydrogen-bond donors (Lipinski definition) is 0. The molecule has 0 radical (unpaired) electrons. The molecular weight excluding hydrogens is 376 g/mol. The van der Waals surface area contributed by atoms with E-state index in [0.717, 1.165) is 54.0 Å². The molecular formula is C25H30N2O3. The summed E-state index contributed by atoms with van der Waals surface area (Å²) in [7, 11) is 0. The topological polar surface area (TPSA) is 43.8 Å². The van der Waals surface area contributed by atoms with Crippen molar-refractivity contribution in [2.24, 2.45) is 0 Å². The lowest BCUT2D eigenvalue weighted by Gasteiger charge is -2.23. The first-order chi connectivity index (χ1) is 14.7. The molecule has 0 N–H and O–H groups in total. The van der Waals surface area contributed by atoms with Crippen molar-refractivity contribution in [3.63, 3.8) is 0 Å². The van der Waals surface area contributed by atoms with Gasteiger partial charge in [-0.15, -0.1) is 0 Å². The summed E-state index contributed by atoms with van der Waals surface area (Å²) in [5.74, 6) is 2.30. The number of fused-ring (bicyclic) bond motifs is 2. The Labute approximate surface area is 178 Å². The molecule has 30 heavy (non-hydrogen) atoms. The monoisotopic (exact) mass is 406 g/mol. The molecule has 158 valence electrons. The van der Waals surface area contributed by atoms with Crippen LogP contribution in [0.1, 0.15) is 38.3 Å². The highest BCUT2D eigenvalue weighted by atomic mass is 16.5. The van der Waals surface area contributed by atoms with E-state index < -0.39 is 0 Å². The molecule has 1 aliphatic rings. The van der Waals surface area contributed by atoms with E-state index in [9.17, 15) is 0 Å². The molecule has 5 nitrogen and oxygen atoms in total. The van der Waals surface area contributed by atoms with Crippen molar-refractivity contribution in [1.82, 2.24) is 9.88 Å². The van der Waals surface area contributed by atoms with Gasteiger partial charge in [0.15, 0.2) is 0 Å². The summed E-state index contributed by atoms with van der Waals surface area (Å²) in [5, 5.41) is 0.972. The quantitative estimate of drug-likeness (QED) is 0.539. The van der Waals surface area contributed by atoms with Crippen LogP contribution in [0, 0.1) is 0 Å². The van der Waals surface area contributed by atoms with Crippen LogP contribution in [0.5, 0.6) is 17.4 Å². The Balaban J connectivity index is 1.76. The fourth-order valence-corrected chi connectivity index (χ4v) is 3.97. The van der Waals surface area contributed by atoms with Crippen molar-refractivity contribution < 1.29 is 14.2 Å². The van der Waals surface area contributed by atoms with Gasteiger partial charge >= 0.3 is 0 Å². The second kappa shape index (κ2) is 9.35. The predicted molar refractivity (Wildman–Crippen MR) is 119 cm³/mol. The molecule has 2 aromatic carbocycles. The van der Waals surface area contributed by atoms with E-state index in [1.54, 1.807) is 0 Å². The molecule has 0 aliphatic carbocycles. The van der Waals surface area contributed by atoms with Crippen molar-refractivity contribution in [2.45, 2.75) is 46.4 Å². The van der Waals surface area contributed by atoms with Gasteiger partial charge in [0, 0.05) is 30.6 Å². The zero-order valence-corrected chi connectivity index (χ0v) is 18.1. The molecule has 0 bridgehead atoms. The molecule has 4 rings (SSSR count). The maximum atomic E-state index is 6.37. The summed E-state index contributed by atoms with van der Waals surface area (Å²) in [6.45, 7) is 9.88. The van der Waals surface area contributed by atoms with Crippen LogP contribution < -0.4 is 14.2 Å². The Kier molecular flexibility index (Phi) is 6.38. The summed E-state index contributed by atoms with van der Waals surface area (Å²) in [5.41, 5.74) is 3.19. The molecule has 0 saturated carbocycles. The molecule has 0 spiro atoms. The van der Waals surface area contributed by atoms with Crippen molar-refractivity contribution in [3.05, 3.63) is 59.7 Å². The summed E-state index contributed by atoms with van der Waals surface area (Å²) in [4.78, 5) is 7.36. The molecule has 1 atom stereocenters. The van der Waals surface area contributed by atoms with Crippen molar-refractivity contribution in [3.8, 4) is 17.4 Å². The van der Waals surface area contributed by atoms with Crippen LogP contribution in [0.2, 0.25) is 0 Å². The van der Waals surface area contributed by atoms with E-state index in [1.165, 1.54) is 5.56 Å². The molecule has 1 aromatic heterocycles. The van der Waals surface area contributed by atoms with Gasteiger partial charge in [-0.25, -0.2) is 4.98 Å². The largest absolute Gasteiger partial charge is 0.493 e. The fraction of sp³-hybridized carbons (Fsp3) is 0.400. The number of pyridine rings is 1. The average molecular weight is 407 g/mol. The highest BCUT2D eigenvalue weighted by molar-refractivity contribution is 5.91. The third-order valence-electron chi connectivity index (χ3n) is 5.38. The fourth-order valence-electron chi connectivity index (χ4n) is 3.97. The highest BCUT2D eigenvalue weighted by Crippen LogP contribution is 2.37. The van der Waals surface area contributed by atoms with E-state index in [1.807, 2.05) is 26.0 Å². The van der Waals surface area contributed by atoms with Gasteiger partial charge in [-0.2, -0.15) is 0 Å². The first-order valence-electron chi connectivity index (χ1n) is 10.9. The minimum absolute atomic E-state index is 0.102. The average Bonchev–Trinajstić information content (AvgIpc) is 2.93.